The molecule has 18 heavy (non-hydrogen) atoms. The van der Waals surface area contributed by atoms with Crippen molar-refractivity contribution in [3.63, 3.8) is 0 Å². The SMILES string of the molecule is C[Si](C)C(C)(C)COC1CCc2cc(Br)ccc21. The van der Waals surface area contributed by atoms with Crippen LogP contribution in [0.15, 0.2) is 22.7 Å². The third-order valence-corrected chi connectivity index (χ3v) is 7.47. The monoisotopic (exact) mass is 325 g/mol. The summed E-state index contributed by atoms with van der Waals surface area (Å²) in [6.45, 7) is 10.3. The number of benzene rings is 1. The van der Waals surface area contributed by atoms with E-state index in [0.717, 1.165) is 19.4 Å². The van der Waals surface area contributed by atoms with Crippen LogP contribution in [0.4, 0.5) is 0 Å². The van der Waals surface area contributed by atoms with Gasteiger partial charge >= 0.3 is 0 Å². The molecule has 1 aromatic carbocycles. The second-order valence-corrected chi connectivity index (χ2v) is 10.3. The lowest BCUT2D eigenvalue weighted by Gasteiger charge is -2.29. The van der Waals surface area contributed by atoms with Gasteiger partial charge in [-0.2, -0.15) is 0 Å². The van der Waals surface area contributed by atoms with Crippen molar-refractivity contribution in [3.8, 4) is 0 Å². The Balaban J connectivity index is 2.02. The minimum Gasteiger partial charge on any atom is -0.373 e. The van der Waals surface area contributed by atoms with Gasteiger partial charge in [0.15, 0.2) is 0 Å². The van der Waals surface area contributed by atoms with Gasteiger partial charge in [0.2, 0.25) is 0 Å². The molecule has 1 radical (unpaired) electrons. The number of rotatable bonds is 4. The lowest BCUT2D eigenvalue weighted by atomic mass is 10.1. The third kappa shape index (κ3) is 3.06. The fraction of sp³-hybridized carbons (Fsp3) is 0.600. The Hall–Kier alpha value is -0.123. The Kier molecular flexibility index (Phi) is 4.35. The standard InChI is InChI=1S/C15H22BrOSi/c1-15(2,18(3)4)10-17-14-8-5-11-9-12(16)6-7-13(11)14/h6-7,9,14H,5,8,10H2,1-4H3. The van der Waals surface area contributed by atoms with Crippen molar-refractivity contribution in [3.05, 3.63) is 33.8 Å². The van der Waals surface area contributed by atoms with Crippen molar-refractivity contribution in [1.82, 2.24) is 0 Å². The molecule has 1 aliphatic carbocycles. The normalized spacial score (nSPS) is 19.3. The van der Waals surface area contributed by atoms with Crippen LogP contribution in [-0.2, 0) is 11.2 Å². The highest BCUT2D eigenvalue weighted by atomic mass is 79.9. The van der Waals surface area contributed by atoms with Crippen LogP contribution in [0.5, 0.6) is 0 Å². The first kappa shape index (κ1) is 14.3. The molecule has 0 aliphatic heterocycles. The van der Waals surface area contributed by atoms with Crippen molar-refractivity contribution in [2.45, 2.75) is 50.9 Å². The van der Waals surface area contributed by atoms with Gasteiger partial charge in [-0.1, -0.05) is 48.9 Å². The fourth-order valence-electron chi connectivity index (χ4n) is 2.17. The van der Waals surface area contributed by atoms with Crippen LogP contribution in [0.3, 0.4) is 0 Å². The first-order valence-electron chi connectivity index (χ1n) is 6.61. The van der Waals surface area contributed by atoms with Gasteiger partial charge in [0, 0.05) is 11.1 Å². The van der Waals surface area contributed by atoms with Crippen molar-refractivity contribution in [1.29, 1.82) is 0 Å². The molecule has 0 saturated heterocycles. The maximum absolute atomic E-state index is 6.21. The first-order chi connectivity index (χ1) is 8.40. The summed E-state index contributed by atoms with van der Waals surface area (Å²) in [6, 6.07) is 6.58. The van der Waals surface area contributed by atoms with Gasteiger partial charge in [0.25, 0.3) is 0 Å². The number of ether oxygens (including phenoxy) is 1. The average molecular weight is 326 g/mol. The minimum atomic E-state index is -0.318. The van der Waals surface area contributed by atoms with Gasteiger partial charge in [0.05, 0.1) is 14.9 Å². The molecule has 0 saturated carbocycles. The van der Waals surface area contributed by atoms with Gasteiger partial charge in [-0.15, -0.1) is 0 Å². The molecule has 1 unspecified atom stereocenters. The van der Waals surface area contributed by atoms with E-state index in [-0.39, 0.29) is 8.80 Å². The van der Waals surface area contributed by atoms with Crippen LogP contribution >= 0.6 is 15.9 Å². The topological polar surface area (TPSA) is 9.23 Å². The summed E-state index contributed by atoms with van der Waals surface area (Å²) < 4.78 is 7.38. The summed E-state index contributed by atoms with van der Waals surface area (Å²) in [5, 5.41) is 0.350. The number of hydrogen-bond acceptors (Lipinski definition) is 1. The van der Waals surface area contributed by atoms with E-state index < -0.39 is 0 Å². The molecule has 1 atom stereocenters. The van der Waals surface area contributed by atoms with Crippen LogP contribution in [0, 0.1) is 0 Å². The van der Waals surface area contributed by atoms with Crippen LogP contribution in [0.2, 0.25) is 18.1 Å². The van der Waals surface area contributed by atoms with Gasteiger partial charge in [-0.25, -0.2) is 0 Å². The van der Waals surface area contributed by atoms with E-state index in [9.17, 15) is 0 Å². The Morgan fingerprint density at radius 1 is 1.39 bits per heavy atom. The smallest absolute Gasteiger partial charge is 0.0830 e. The van der Waals surface area contributed by atoms with Crippen molar-refractivity contribution in [2.75, 3.05) is 6.61 Å². The van der Waals surface area contributed by atoms with Crippen molar-refractivity contribution < 1.29 is 4.74 Å². The number of halogens is 1. The highest BCUT2D eigenvalue weighted by Gasteiger charge is 2.28. The summed E-state index contributed by atoms with van der Waals surface area (Å²) in [6.07, 6.45) is 2.60. The van der Waals surface area contributed by atoms with Crippen LogP contribution in [0.1, 0.15) is 37.5 Å². The number of hydrogen-bond donors (Lipinski definition) is 0. The molecule has 0 heterocycles. The Morgan fingerprint density at radius 2 is 2.11 bits per heavy atom. The maximum Gasteiger partial charge on any atom is 0.0830 e. The molecule has 0 fully saturated rings. The number of aryl methyl sites for hydroxylation is 1. The van der Waals surface area contributed by atoms with Gasteiger partial charge in [-0.05, 0) is 41.1 Å². The molecular weight excluding hydrogens is 304 g/mol. The average Bonchev–Trinajstić information content (AvgIpc) is 2.68. The molecule has 0 bridgehead atoms. The van der Waals surface area contributed by atoms with Crippen molar-refractivity contribution in [2.24, 2.45) is 0 Å². The highest BCUT2D eigenvalue weighted by molar-refractivity contribution is 9.10. The summed E-state index contributed by atoms with van der Waals surface area (Å²) in [5.74, 6) is 0. The molecule has 3 heteroatoms. The molecule has 0 aromatic heterocycles. The van der Waals surface area contributed by atoms with E-state index in [0.29, 0.717) is 11.1 Å². The predicted molar refractivity (Wildman–Crippen MR) is 82.7 cm³/mol. The maximum atomic E-state index is 6.21. The van der Waals surface area contributed by atoms with E-state index in [1.54, 1.807) is 0 Å². The van der Waals surface area contributed by atoms with E-state index in [1.165, 1.54) is 15.6 Å². The quantitative estimate of drug-likeness (QED) is 0.709. The largest absolute Gasteiger partial charge is 0.373 e. The summed E-state index contributed by atoms with van der Waals surface area (Å²) >= 11 is 3.54. The van der Waals surface area contributed by atoms with Crippen LogP contribution in [0.25, 0.3) is 0 Å². The Bertz CT molecular complexity index is 429. The second-order valence-electron chi connectivity index (χ2n) is 6.07. The molecule has 0 N–H and O–H groups in total. The molecule has 99 valence electrons. The van der Waals surface area contributed by atoms with Crippen molar-refractivity contribution >= 4 is 24.7 Å². The lowest BCUT2D eigenvalue weighted by Crippen LogP contribution is -2.26. The number of fused-ring (bicyclic) bond motifs is 1. The van der Waals surface area contributed by atoms with E-state index in [1.807, 2.05) is 0 Å². The van der Waals surface area contributed by atoms with Gasteiger partial charge in [0.1, 0.15) is 0 Å². The van der Waals surface area contributed by atoms with E-state index in [2.05, 4.69) is 61.1 Å². The van der Waals surface area contributed by atoms with E-state index >= 15 is 0 Å². The zero-order valence-electron chi connectivity index (χ0n) is 11.7. The molecule has 1 aromatic rings. The molecule has 0 spiro atoms. The summed E-state index contributed by atoms with van der Waals surface area (Å²) in [5.41, 5.74) is 2.85. The molecule has 1 nitrogen and oxygen atoms in total. The zero-order chi connectivity index (χ0) is 13.3. The van der Waals surface area contributed by atoms with E-state index in [4.69, 9.17) is 4.74 Å². The Morgan fingerprint density at radius 3 is 2.78 bits per heavy atom. The third-order valence-electron chi connectivity index (χ3n) is 4.13. The lowest BCUT2D eigenvalue weighted by molar-refractivity contribution is 0.0391. The Labute approximate surface area is 121 Å². The van der Waals surface area contributed by atoms with Crippen LogP contribution < -0.4 is 0 Å². The van der Waals surface area contributed by atoms with Gasteiger partial charge in [-0.3, -0.25) is 0 Å². The predicted octanol–water partition coefficient (Wildman–Crippen LogP) is 4.99. The summed E-state index contributed by atoms with van der Waals surface area (Å²) in [4.78, 5) is 0. The first-order valence-corrected chi connectivity index (χ1v) is 9.90. The van der Waals surface area contributed by atoms with Crippen LogP contribution in [-0.4, -0.2) is 15.4 Å². The van der Waals surface area contributed by atoms with Gasteiger partial charge < -0.3 is 4.74 Å². The zero-order valence-corrected chi connectivity index (χ0v) is 14.3. The molecule has 0 amide bonds. The molecule has 1 aliphatic rings. The molecule has 2 rings (SSSR count). The molecular formula is C15H22BrOSi. The second kappa shape index (κ2) is 5.47. The minimum absolute atomic E-state index is 0.314. The summed E-state index contributed by atoms with van der Waals surface area (Å²) in [7, 11) is -0.318. The highest BCUT2D eigenvalue weighted by Crippen LogP contribution is 2.38. The fourth-order valence-corrected chi connectivity index (χ4v) is 2.95.